The van der Waals surface area contributed by atoms with E-state index < -0.39 is 13.9 Å². The summed E-state index contributed by atoms with van der Waals surface area (Å²) in [5, 5.41) is 0. The molecule has 0 unspecified atom stereocenters. The van der Waals surface area contributed by atoms with Crippen LogP contribution >= 0.6 is 0 Å². The van der Waals surface area contributed by atoms with E-state index in [1.807, 2.05) is 13.8 Å². The Morgan fingerprint density at radius 3 is 2.33 bits per heavy atom. The highest BCUT2D eigenvalue weighted by molar-refractivity contribution is 6.69. The Morgan fingerprint density at radius 1 is 1.28 bits per heavy atom. The largest absolute Gasteiger partial charge is 0.402 e. The summed E-state index contributed by atoms with van der Waals surface area (Å²) < 4.78 is 5.91. The van der Waals surface area contributed by atoms with E-state index in [1.54, 1.807) is 24.5 Å². The van der Waals surface area contributed by atoms with E-state index in [1.165, 1.54) is 0 Å². The predicted molar refractivity (Wildman–Crippen MR) is 74.9 cm³/mol. The quantitative estimate of drug-likeness (QED) is 0.363. The fraction of sp³-hybridized carbons (Fsp3) is 0.429. The summed E-state index contributed by atoms with van der Waals surface area (Å²) in [6.07, 6.45) is 3.16. The van der Waals surface area contributed by atoms with Gasteiger partial charge in [0.05, 0.1) is 0 Å². The van der Waals surface area contributed by atoms with Crippen LogP contribution in [0.25, 0.3) is 0 Å². The molecular formula is C14H19NO2Si. The van der Waals surface area contributed by atoms with E-state index in [0.717, 1.165) is 0 Å². The highest BCUT2D eigenvalue weighted by Crippen LogP contribution is 2.16. The third kappa shape index (κ3) is 5.26. The molecule has 0 atom stereocenters. The lowest BCUT2D eigenvalue weighted by atomic mass is 10.1. The summed E-state index contributed by atoms with van der Waals surface area (Å²) in [6.45, 7) is 10.1. The Morgan fingerprint density at radius 2 is 1.83 bits per heavy atom. The van der Waals surface area contributed by atoms with Crippen molar-refractivity contribution in [3.63, 3.8) is 0 Å². The van der Waals surface area contributed by atoms with Crippen molar-refractivity contribution in [2.75, 3.05) is 0 Å². The van der Waals surface area contributed by atoms with Gasteiger partial charge in [0.2, 0.25) is 5.78 Å². The van der Waals surface area contributed by atoms with E-state index in [2.05, 4.69) is 36.5 Å². The molecule has 1 rings (SSSR count). The fourth-order valence-corrected chi connectivity index (χ4v) is 3.16. The van der Waals surface area contributed by atoms with Crippen molar-refractivity contribution >= 4 is 14.1 Å². The number of carbonyl (C=O) groups excluding carboxylic acids is 1. The molecule has 1 heterocycles. The summed E-state index contributed by atoms with van der Waals surface area (Å²) in [5.41, 5.74) is -0.0334. The molecule has 0 bridgehead atoms. The molecule has 0 aliphatic carbocycles. The smallest absolute Gasteiger partial charge is 0.236 e. The normalized spacial score (nSPS) is 11.6. The van der Waals surface area contributed by atoms with Crippen LogP contribution < -0.4 is 0 Å². The van der Waals surface area contributed by atoms with E-state index in [4.69, 9.17) is 4.43 Å². The third-order valence-corrected chi connectivity index (χ3v) is 3.10. The number of hydrogen-bond donors (Lipinski definition) is 0. The lowest BCUT2D eigenvalue weighted by molar-refractivity contribution is 0.105. The molecule has 0 aliphatic heterocycles. The first-order valence-electron chi connectivity index (χ1n) is 5.87. The Hall–Kier alpha value is -1.44. The zero-order valence-electron chi connectivity index (χ0n) is 11.6. The molecule has 0 saturated heterocycles. The monoisotopic (exact) mass is 261 g/mol. The molecule has 1 aromatic rings. The van der Waals surface area contributed by atoms with E-state index in [9.17, 15) is 4.79 Å². The Labute approximate surface area is 110 Å². The Kier molecular flexibility index (Phi) is 4.44. The number of nitrogens with zero attached hydrogens (tertiary/aromatic N) is 1. The molecule has 0 N–H and O–H groups in total. The van der Waals surface area contributed by atoms with Gasteiger partial charge in [-0.3, -0.25) is 9.78 Å². The highest BCUT2D eigenvalue weighted by Gasteiger charge is 2.25. The first-order valence-corrected chi connectivity index (χ1v) is 9.28. The summed E-state index contributed by atoms with van der Waals surface area (Å²) >= 11 is 0. The maximum absolute atomic E-state index is 11.8. The van der Waals surface area contributed by atoms with Gasteiger partial charge in [0, 0.05) is 18.0 Å². The number of ketones is 1. The molecular weight excluding hydrogens is 242 g/mol. The number of Topliss-reactive ketones (excluding diaryl/α,β-unsaturated/α-hetero) is 1. The van der Waals surface area contributed by atoms with Gasteiger partial charge in [-0.25, -0.2) is 0 Å². The van der Waals surface area contributed by atoms with Gasteiger partial charge in [0.15, 0.2) is 8.32 Å². The molecule has 0 amide bonds. The first-order chi connectivity index (χ1) is 8.20. The summed E-state index contributed by atoms with van der Waals surface area (Å²) in [4.78, 5) is 15.7. The van der Waals surface area contributed by atoms with Gasteiger partial charge < -0.3 is 4.43 Å². The zero-order chi connectivity index (χ0) is 13.8. The molecule has 18 heavy (non-hydrogen) atoms. The van der Waals surface area contributed by atoms with Crippen LogP contribution in [0.1, 0.15) is 24.2 Å². The van der Waals surface area contributed by atoms with E-state index >= 15 is 0 Å². The number of aromatic nitrogens is 1. The second-order valence-corrected chi connectivity index (χ2v) is 9.97. The molecule has 0 spiro atoms. The Bertz CT molecular complexity index is 478. The van der Waals surface area contributed by atoms with Crippen LogP contribution in [0.4, 0.5) is 0 Å². The van der Waals surface area contributed by atoms with Gasteiger partial charge in [0.25, 0.3) is 0 Å². The van der Waals surface area contributed by atoms with Gasteiger partial charge in [0.1, 0.15) is 5.60 Å². The molecule has 1 aromatic heterocycles. The van der Waals surface area contributed by atoms with Gasteiger partial charge in [-0.2, -0.15) is 0 Å². The predicted octanol–water partition coefficient (Wildman–Crippen LogP) is 2.90. The lowest BCUT2D eigenvalue weighted by Gasteiger charge is -2.28. The second-order valence-electron chi connectivity index (χ2n) is 5.54. The van der Waals surface area contributed by atoms with E-state index in [0.29, 0.717) is 5.56 Å². The number of pyridine rings is 1. The van der Waals surface area contributed by atoms with Crippen molar-refractivity contribution in [1.82, 2.24) is 4.98 Å². The van der Waals surface area contributed by atoms with Crippen molar-refractivity contribution in [3.05, 3.63) is 30.1 Å². The van der Waals surface area contributed by atoms with Gasteiger partial charge in [-0.05, 0) is 51.5 Å². The van der Waals surface area contributed by atoms with Gasteiger partial charge in [-0.15, -0.1) is 0 Å². The minimum atomic E-state index is -1.67. The number of rotatable bonds is 3. The van der Waals surface area contributed by atoms with Gasteiger partial charge >= 0.3 is 0 Å². The van der Waals surface area contributed by atoms with Crippen molar-refractivity contribution in [2.24, 2.45) is 0 Å². The minimum absolute atomic E-state index is 0.204. The zero-order valence-corrected chi connectivity index (χ0v) is 12.6. The van der Waals surface area contributed by atoms with Gasteiger partial charge in [-0.1, -0.05) is 5.92 Å². The molecule has 4 heteroatoms. The molecule has 0 radical (unpaired) electrons. The third-order valence-electron chi connectivity index (χ3n) is 1.98. The van der Waals surface area contributed by atoms with Crippen LogP contribution in [0.15, 0.2) is 24.5 Å². The van der Waals surface area contributed by atoms with Crippen LogP contribution in [-0.2, 0) is 4.43 Å². The van der Waals surface area contributed by atoms with Crippen molar-refractivity contribution in [2.45, 2.75) is 39.1 Å². The topological polar surface area (TPSA) is 39.2 Å². The number of hydrogen-bond acceptors (Lipinski definition) is 3. The minimum Gasteiger partial charge on any atom is -0.402 e. The standard InChI is InChI=1S/C14H19NO2Si/c1-14(2,17-18(3,4)5)9-6-13(16)12-7-10-15-11-8-12/h7-8,10-11H,1-5H3. The molecule has 0 aliphatic rings. The summed E-state index contributed by atoms with van der Waals surface area (Å²) in [6, 6.07) is 3.31. The molecule has 96 valence electrons. The maximum atomic E-state index is 11.8. The molecule has 3 nitrogen and oxygen atoms in total. The summed E-state index contributed by atoms with van der Waals surface area (Å²) in [5.74, 6) is 5.34. The summed E-state index contributed by atoms with van der Waals surface area (Å²) in [7, 11) is -1.67. The maximum Gasteiger partial charge on any atom is 0.236 e. The van der Waals surface area contributed by atoms with Crippen molar-refractivity contribution in [3.8, 4) is 11.8 Å². The molecule has 0 fully saturated rings. The fourth-order valence-electron chi connectivity index (χ4n) is 1.57. The SMILES string of the molecule is CC(C)(C#CC(=O)c1ccncc1)O[Si](C)(C)C. The molecule has 0 aromatic carbocycles. The van der Waals surface area contributed by atoms with Crippen LogP contribution in [0.3, 0.4) is 0 Å². The van der Waals surface area contributed by atoms with Crippen molar-refractivity contribution < 1.29 is 9.22 Å². The van der Waals surface area contributed by atoms with Crippen LogP contribution in [0, 0.1) is 11.8 Å². The Balaban J connectivity index is 2.80. The lowest BCUT2D eigenvalue weighted by Crippen LogP contribution is -2.37. The van der Waals surface area contributed by atoms with Crippen molar-refractivity contribution in [1.29, 1.82) is 0 Å². The van der Waals surface area contributed by atoms with Crippen LogP contribution in [-0.4, -0.2) is 24.7 Å². The first kappa shape index (κ1) is 14.6. The van der Waals surface area contributed by atoms with E-state index in [-0.39, 0.29) is 5.78 Å². The van der Waals surface area contributed by atoms with Crippen LogP contribution in [0.5, 0.6) is 0 Å². The number of carbonyl (C=O) groups is 1. The molecule has 0 saturated carbocycles. The second kappa shape index (κ2) is 5.47. The van der Waals surface area contributed by atoms with Crippen LogP contribution in [0.2, 0.25) is 19.6 Å². The average Bonchev–Trinajstić information content (AvgIpc) is 2.24. The average molecular weight is 261 g/mol. The highest BCUT2D eigenvalue weighted by atomic mass is 28.4.